The molecule has 2 amide bonds. The predicted molar refractivity (Wildman–Crippen MR) is 92.1 cm³/mol. The Morgan fingerprint density at radius 2 is 1.88 bits per heavy atom. The average Bonchev–Trinajstić information content (AvgIpc) is 2.81. The van der Waals surface area contributed by atoms with Gasteiger partial charge in [0.15, 0.2) is 0 Å². The highest BCUT2D eigenvalue weighted by Gasteiger charge is 2.41. The van der Waals surface area contributed by atoms with Gasteiger partial charge >= 0.3 is 0 Å². The van der Waals surface area contributed by atoms with Crippen molar-refractivity contribution in [3.05, 3.63) is 53.2 Å². The molecule has 2 aliphatic rings. The summed E-state index contributed by atoms with van der Waals surface area (Å²) in [6.07, 6.45) is 1.58. The van der Waals surface area contributed by atoms with Crippen LogP contribution in [0.5, 0.6) is 0 Å². The molecular weight excluding hydrogens is 304 g/mol. The maximum absolute atomic E-state index is 12.9. The van der Waals surface area contributed by atoms with Crippen LogP contribution in [0.4, 0.5) is 0 Å². The summed E-state index contributed by atoms with van der Waals surface area (Å²) < 4.78 is 5.39. The quantitative estimate of drug-likeness (QED) is 0.626. The molecule has 2 aliphatic heterocycles. The fraction of sp³-hybridized carbons (Fsp3) is 0.368. The SMILES string of the molecule is C=CCN1C(=O)C(c2ccc(C)cc2C)=C(N2CCOCC2)C1=O. The van der Waals surface area contributed by atoms with E-state index in [1.54, 1.807) is 6.08 Å². The Morgan fingerprint density at radius 3 is 2.50 bits per heavy atom. The van der Waals surface area contributed by atoms with Crippen LogP contribution in [-0.4, -0.2) is 54.5 Å². The monoisotopic (exact) mass is 326 g/mol. The first-order valence-corrected chi connectivity index (χ1v) is 8.16. The second kappa shape index (κ2) is 6.61. The van der Waals surface area contributed by atoms with E-state index in [1.807, 2.05) is 36.9 Å². The van der Waals surface area contributed by atoms with E-state index >= 15 is 0 Å². The molecule has 0 spiro atoms. The molecule has 3 rings (SSSR count). The predicted octanol–water partition coefficient (Wildman–Crippen LogP) is 1.90. The highest BCUT2D eigenvalue weighted by atomic mass is 16.5. The molecule has 5 nitrogen and oxygen atoms in total. The van der Waals surface area contributed by atoms with Crippen LogP contribution in [0.2, 0.25) is 0 Å². The van der Waals surface area contributed by atoms with E-state index in [-0.39, 0.29) is 18.4 Å². The molecule has 0 bridgehead atoms. The van der Waals surface area contributed by atoms with Crippen molar-refractivity contribution in [3.63, 3.8) is 0 Å². The number of morpholine rings is 1. The molecule has 1 fully saturated rings. The van der Waals surface area contributed by atoms with E-state index in [9.17, 15) is 9.59 Å². The lowest BCUT2D eigenvalue weighted by Crippen LogP contribution is -2.40. The van der Waals surface area contributed by atoms with Crippen LogP contribution in [-0.2, 0) is 14.3 Å². The molecule has 0 aromatic heterocycles. The molecule has 0 atom stereocenters. The Hall–Kier alpha value is -2.40. The molecule has 0 N–H and O–H groups in total. The van der Waals surface area contributed by atoms with Gasteiger partial charge in [-0.3, -0.25) is 14.5 Å². The lowest BCUT2D eigenvalue weighted by molar-refractivity contribution is -0.137. The van der Waals surface area contributed by atoms with Gasteiger partial charge in [0, 0.05) is 19.6 Å². The molecule has 126 valence electrons. The molecule has 2 heterocycles. The van der Waals surface area contributed by atoms with Gasteiger partial charge in [0.2, 0.25) is 0 Å². The molecule has 1 saturated heterocycles. The molecule has 24 heavy (non-hydrogen) atoms. The summed E-state index contributed by atoms with van der Waals surface area (Å²) in [5, 5.41) is 0. The van der Waals surface area contributed by atoms with Crippen LogP contribution in [0.1, 0.15) is 16.7 Å². The van der Waals surface area contributed by atoms with Crippen LogP contribution in [0.25, 0.3) is 5.57 Å². The Morgan fingerprint density at radius 1 is 1.17 bits per heavy atom. The summed E-state index contributed by atoms with van der Waals surface area (Å²) >= 11 is 0. The molecule has 1 aromatic carbocycles. The highest BCUT2D eigenvalue weighted by Crippen LogP contribution is 2.33. The second-order valence-corrected chi connectivity index (χ2v) is 6.15. The molecule has 1 aromatic rings. The molecule has 5 heteroatoms. The van der Waals surface area contributed by atoms with Crippen LogP contribution < -0.4 is 0 Å². The maximum atomic E-state index is 12.9. The van der Waals surface area contributed by atoms with Crippen molar-refractivity contribution in [2.24, 2.45) is 0 Å². The molecule has 0 radical (unpaired) electrons. The van der Waals surface area contributed by atoms with Gasteiger partial charge in [0.1, 0.15) is 5.70 Å². The largest absolute Gasteiger partial charge is 0.378 e. The van der Waals surface area contributed by atoms with Gasteiger partial charge in [-0.1, -0.05) is 29.8 Å². The normalized spacial score (nSPS) is 18.6. The first-order valence-electron chi connectivity index (χ1n) is 8.16. The number of hydrogen-bond donors (Lipinski definition) is 0. The van der Waals surface area contributed by atoms with E-state index in [0.29, 0.717) is 37.6 Å². The van der Waals surface area contributed by atoms with Gasteiger partial charge < -0.3 is 9.64 Å². The lowest BCUT2D eigenvalue weighted by Gasteiger charge is -2.29. The third-order valence-electron chi connectivity index (χ3n) is 4.43. The number of ether oxygens (including phenoxy) is 1. The lowest BCUT2D eigenvalue weighted by atomic mass is 9.97. The number of aryl methyl sites for hydroxylation is 2. The highest BCUT2D eigenvalue weighted by molar-refractivity contribution is 6.35. The fourth-order valence-corrected chi connectivity index (χ4v) is 3.28. The van der Waals surface area contributed by atoms with Crippen molar-refractivity contribution in [1.82, 2.24) is 9.80 Å². The number of carbonyl (C=O) groups excluding carboxylic acids is 2. The minimum absolute atomic E-state index is 0.222. The minimum atomic E-state index is -0.242. The van der Waals surface area contributed by atoms with Gasteiger partial charge in [-0.25, -0.2) is 0 Å². The van der Waals surface area contributed by atoms with Crippen LogP contribution in [0.3, 0.4) is 0 Å². The summed E-state index contributed by atoms with van der Waals surface area (Å²) in [5.74, 6) is -0.481. The number of nitrogens with zero attached hydrogens (tertiary/aromatic N) is 2. The zero-order valence-electron chi connectivity index (χ0n) is 14.2. The number of carbonyl (C=O) groups is 2. The zero-order valence-corrected chi connectivity index (χ0v) is 14.2. The standard InChI is InChI=1S/C19H22N2O3/c1-4-7-21-18(22)16(15-6-5-13(2)12-14(15)3)17(19(21)23)20-8-10-24-11-9-20/h4-6,12H,1,7-11H2,2-3H3. The summed E-state index contributed by atoms with van der Waals surface area (Å²) in [6, 6.07) is 5.94. The number of rotatable bonds is 4. The Kier molecular flexibility index (Phi) is 4.53. The topological polar surface area (TPSA) is 49.9 Å². The second-order valence-electron chi connectivity index (χ2n) is 6.15. The zero-order chi connectivity index (χ0) is 17.3. The van der Waals surface area contributed by atoms with E-state index in [2.05, 4.69) is 6.58 Å². The summed E-state index contributed by atoms with van der Waals surface area (Å²) in [5.41, 5.74) is 3.95. The van der Waals surface area contributed by atoms with Crippen molar-refractivity contribution in [2.45, 2.75) is 13.8 Å². The number of benzene rings is 1. The number of imide groups is 1. The van der Waals surface area contributed by atoms with Crippen LogP contribution in [0.15, 0.2) is 36.6 Å². The van der Waals surface area contributed by atoms with Gasteiger partial charge in [0.25, 0.3) is 11.8 Å². The van der Waals surface area contributed by atoms with Crippen molar-refractivity contribution in [1.29, 1.82) is 0 Å². The molecular formula is C19H22N2O3. The summed E-state index contributed by atoms with van der Waals surface area (Å²) in [7, 11) is 0. The van der Waals surface area contributed by atoms with Crippen molar-refractivity contribution in [2.75, 3.05) is 32.8 Å². The van der Waals surface area contributed by atoms with Crippen LogP contribution in [0, 0.1) is 13.8 Å². The first-order chi connectivity index (χ1) is 11.5. The van der Waals surface area contributed by atoms with Crippen molar-refractivity contribution in [3.8, 4) is 0 Å². The Labute approximate surface area is 142 Å². The van der Waals surface area contributed by atoms with E-state index in [4.69, 9.17) is 4.74 Å². The summed E-state index contributed by atoms with van der Waals surface area (Å²) in [6.45, 7) is 10.2. The van der Waals surface area contributed by atoms with E-state index < -0.39 is 0 Å². The van der Waals surface area contributed by atoms with Crippen molar-refractivity contribution < 1.29 is 14.3 Å². The molecule has 0 saturated carbocycles. The van der Waals surface area contributed by atoms with Gasteiger partial charge in [-0.15, -0.1) is 6.58 Å². The Bertz CT molecular complexity index is 730. The van der Waals surface area contributed by atoms with Gasteiger partial charge in [-0.05, 0) is 25.0 Å². The maximum Gasteiger partial charge on any atom is 0.278 e. The minimum Gasteiger partial charge on any atom is -0.378 e. The van der Waals surface area contributed by atoms with Gasteiger partial charge in [0.05, 0.1) is 18.8 Å². The van der Waals surface area contributed by atoms with Crippen LogP contribution >= 0.6 is 0 Å². The third-order valence-corrected chi connectivity index (χ3v) is 4.43. The molecule has 0 unspecified atom stereocenters. The summed E-state index contributed by atoms with van der Waals surface area (Å²) in [4.78, 5) is 29.1. The van der Waals surface area contributed by atoms with E-state index in [0.717, 1.165) is 16.7 Å². The average molecular weight is 326 g/mol. The van der Waals surface area contributed by atoms with Gasteiger partial charge in [-0.2, -0.15) is 0 Å². The number of hydrogen-bond acceptors (Lipinski definition) is 4. The molecule has 0 aliphatic carbocycles. The first kappa shape index (κ1) is 16.5. The Balaban J connectivity index is 2.13. The fourth-order valence-electron chi connectivity index (χ4n) is 3.28. The van der Waals surface area contributed by atoms with Crippen molar-refractivity contribution >= 4 is 17.4 Å². The third kappa shape index (κ3) is 2.76. The smallest absolute Gasteiger partial charge is 0.278 e. The van der Waals surface area contributed by atoms with E-state index in [1.165, 1.54) is 4.90 Å². The number of amides is 2.